The van der Waals surface area contributed by atoms with E-state index in [1.807, 2.05) is 36.0 Å². The van der Waals surface area contributed by atoms with E-state index in [9.17, 15) is 5.26 Å². The number of nitrogens with one attached hydrogen (secondary N) is 1. The van der Waals surface area contributed by atoms with Gasteiger partial charge in [-0.2, -0.15) is 5.26 Å². The molecule has 19 heavy (non-hydrogen) atoms. The van der Waals surface area contributed by atoms with E-state index in [-0.39, 0.29) is 0 Å². The number of hydrogen-bond donors (Lipinski definition) is 1. The van der Waals surface area contributed by atoms with Crippen LogP contribution in [-0.4, -0.2) is 16.6 Å². The highest BCUT2D eigenvalue weighted by Crippen LogP contribution is 2.18. The van der Waals surface area contributed by atoms with Gasteiger partial charge in [-0.25, -0.2) is 4.98 Å². The van der Waals surface area contributed by atoms with Crippen molar-refractivity contribution in [2.45, 2.75) is 26.3 Å². The molecule has 0 aliphatic heterocycles. The van der Waals surface area contributed by atoms with Crippen molar-refractivity contribution in [3.63, 3.8) is 0 Å². The van der Waals surface area contributed by atoms with Crippen molar-refractivity contribution < 1.29 is 0 Å². The summed E-state index contributed by atoms with van der Waals surface area (Å²) in [7, 11) is 1.90. The minimum absolute atomic E-state index is 0.683. The minimum atomic E-state index is 0.683. The molecule has 0 spiro atoms. The van der Waals surface area contributed by atoms with Crippen molar-refractivity contribution in [3.05, 3.63) is 47.5 Å². The number of nitrogens with zero attached hydrogens (tertiary/aromatic N) is 3. The van der Waals surface area contributed by atoms with Gasteiger partial charge in [0.2, 0.25) is 0 Å². The van der Waals surface area contributed by atoms with Gasteiger partial charge in [-0.1, -0.05) is 13.0 Å². The number of aryl methyl sites for hydroxylation is 1. The van der Waals surface area contributed by atoms with E-state index >= 15 is 0 Å². The number of hydrogen-bond acceptors (Lipinski definition) is 3. The Morgan fingerprint density at radius 2 is 2.26 bits per heavy atom. The van der Waals surface area contributed by atoms with Crippen LogP contribution in [0.5, 0.6) is 0 Å². The molecule has 98 valence electrons. The molecule has 0 aliphatic carbocycles. The summed E-state index contributed by atoms with van der Waals surface area (Å²) < 4.78 is 2.01. The fraction of sp³-hybridized carbons (Fsp3) is 0.333. The lowest BCUT2D eigenvalue weighted by molar-refractivity contribution is 0.803. The van der Waals surface area contributed by atoms with Gasteiger partial charge in [0.05, 0.1) is 11.3 Å². The van der Waals surface area contributed by atoms with Gasteiger partial charge in [0, 0.05) is 25.4 Å². The Morgan fingerprint density at radius 1 is 1.42 bits per heavy atom. The van der Waals surface area contributed by atoms with Gasteiger partial charge in [0.25, 0.3) is 0 Å². The van der Waals surface area contributed by atoms with E-state index in [2.05, 4.69) is 23.3 Å². The molecule has 0 bridgehead atoms. The van der Waals surface area contributed by atoms with Crippen molar-refractivity contribution in [2.24, 2.45) is 0 Å². The normalized spacial score (nSPS) is 10.4. The van der Waals surface area contributed by atoms with Crippen LogP contribution in [0.25, 0.3) is 5.69 Å². The van der Waals surface area contributed by atoms with Gasteiger partial charge in [0.1, 0.15) is 11.9 Å². The lowest BCUT2D eigenvalue weighted by Gasteiger charge is -2.10. The van der Waals surface area contributed by atoms with E-state index in [0.717, 1.165) is 36.5 Å². The van der Waals surface area contributed by atoms with Crippen LogP contribution >= 0.6 is 0 Å². The first-order valence-electron chi connectivity index (χ1n) is 6.50. The van der Waals surface area contributed by atoms with Crippen molar-refractivity contribution in [1.82, 2.24) is 14.9 Å². The lowest BCUT2D eigenvalue weighted by atomic mass is 10.1. The second kappa shape index (κ2) is 6.17. The Balaban J connectivity index is 2.44. The Hall–Kier alpha value is -2.12. The maximum absolute atomic E-state index is 9.33. The third kappa shape index (κ3) is 2.83. The summed E-state index contributed by atoms with van der Waals surface area (Å²) in [5.74, 6) is 1.00. The average Bonchev–Trinajstić information content (AvgIpc) is 2.87. The van der Waals surface area contributed by atoms with Crippen LogP contribution in [0.1, 0.15) is 30.3 Å². The number of aromatic nitrogens is 2. The Kier molecular flexibility index (Phi) is 4.32. The van der Waals surface area contributed by atoms with Crippen LogP contribution in [0.4, 0.5) is 0 Å². The topological polar surface area (TPSA) is 53.6 Å². The van der Waals surface area contributed by atoms with Crippen molar-refractivity contribution in [2.75, 3.05) is 7.05 Å². The van der Waals surface area contributed by atoms with Crippen molar-refractivity contribution >= 4 is 0 Å². The average molecular weight is 254 g/mol. The van der Waals surface area contributed by atoms with E-state index in [1.165, 1.54) is 0 Å². The highest BCUT2D eigenvalue weighted by atomic mass is 15.1. The molecule has 2 rings (SSSR count). The fourth-order valence-electron chi connectivity index (χ4n) is 2.16. The summed E-state index contributed by atoms with van der Waals surface area (Å²) in [5.41, 5.74) is 2.70. The molecule has 0 atom stereocenters. The predicted molar refractivity (Wildman–Crippen MR) is 75.0 cm³/mol. The maximum Gasteiger partial charge on any atom is 0.113 e. The predicted octanol–water partition coefficient (Wildman–Crippen LogP) is 2.42. The number of benzene rings is 1. The zero-order valence-corrected chi connectivity index (χ0v) is 11.3. The molecule has 0 fully saturated rings. The third-order valence-electron chi connectivity index (χ3n) is 3.01. The van der Waals surface area contributed by atoms with Crippen LogP contribution < -0.4 is 5.32 Å². The number of nitriles is 1. The summed E-state index contributed by atoms with van der Waals surface area (Å²) in [6.45, 7) is 2.89. The Labute approximate surface area is 113 Å². The minimum Gasteiger partial charge on any atom is -0.316 e. The van der Waals surface area contributed by atoms with Gasteiger partial charge in [-0.15, -0.1) is 0 Å². The Morgan fingerprint density at radius 3 is 2.95 bits per heavy atom. The summed E-state index contributed by atoms with van der Waals surface area (Å²) in [4.78, 5) is 4.36. The molecule has 0 aliphatic rings. The smallest absolute Gasteiger partial charge is 0.113 e. The molecule has 0 amide bonds. The molecule has 0 unspecified atom stereocenters. The highest BCUT2D eigenvalue weighted by molar-refractivity contribution is 5.51. The first-order valence-corrected chi connectivity index (χ1v) is 6.50. The first kappa shape index (κ1) is 13.3. The molecular weight excluding hydrogens is 236 g/mol. The van der Waals surface area contributed by atoms with Crippen LogP contribution in [0.15, 0.2) is 30.6 Å². The zero-order valence-electron chi connectivity index (χ0n) is 11.3. The summed E-state index contributed by atoms with van der Waals surface area (Å²) in [6, 6.07) is 8.24. The molecule has 1 N–H and O–H groups in total. The molecular formula is C15H18N4. The van der Waals surface area contributed by atoms with Gasteiger partial charge in [-0.3, -0.25) is 0 Å². The highest BCUT2D eigenvalue weighted by Gasteiger charge is 2.09. The zero-order chi connectivity index (χ0) is 13.7. The summed E-state index contributed by atoms with van der Waals surface area (Å²) in [6.07, 6.45) is 5.65. The molecule has 2 aromatic rings. The number of imidazole rings is 1. The second-order valence-corrected chi connectivity index (χ2v) is 4.46. The van der Waals surface area contributed by atoms with Crippen molar-refractivity contribution in [1.29, 1.82) is 5.26 Å². The van der Waals surface area contributed by atoms with Gasteiger partial charge in [-0.05, 0) is 31.2 Å². The second-order valence-electron chi connectivity index (χ2n) is 4.46. The fourth-order valence-corrected chi connectivity index (χ4v) is 2.16. The molecule has 0 saturated heterocycles. The van der Waals surface area contributed by atoms with Crippen LogP contribution in [-0.2, 0) is 13.0 Å². The summed E-state index contributed by atoms with van der Waals surface area (Å²) >= 11 is 0. The van der Waals surface area contributed by atoms with Crippen molar-refractivity contribution in [3.8, 4) is 11.8 Å². The Bertz CT molecular complexity index is 592. The van der Waals surface area contributed by atoms with E-state index < -0.39 is 0 Å². The monoisotopic (exact) mass is 254 g/mol. The van der Waals surface area contributed by atoms with Crippen LogP contribution in [0.2, 0.25) is 0 Å². The molecule has 1 aromatic carbocycles. The van der Waals surface area contributed by atoms with Crippen LogP contribution in [0, 0.1) is 11.3 Å². The third-order valence-corrected chi connectivity index (χ3v) is 3.01. The maximum atomic E-state index is 9.33. The summed E-state index contributed by atoms with van der Waals surface area (Å²) in [5, 5.41) is 12.4. The van der Waals surface area contributed by atoms with Gasteiger partial charge in [0.15, 0.2) is 0 Å². The van der Waals surface area contributed by atoms with E-state index in [0.29, 0.717) is 5.56 Å². The quantitative estimate of drug-likeness (QED) is 0.891. The molecule has 0 saturated carbocycles. The van der Waals surface area contributed by atoms with E-state index in [1.54, 1.807) is 6.20 Å². The number of rotatable bonds is 5. The van der Waals surface area contributed by atoms with Crippen LogP contribution in [0.3, 0.4) is 0 Å². The molecule has 1 heterocycles. The van der Waals surface area contributed by atoms with Gasteiger partial charge >= 0.3 is 0 Å². The molecule has 0 radical (unpaired) electrons. The first-order chi connectivity index (χ1) is 9.30. The lowest BCUT2D eigenvalue weighted by Crippen LogP contribution is -2.07. The van der Waals surface area contributed by atoms with E-state index in [4.69, 9.17) is 0 Å². The largest absolute Gasteiger partial charge is 0.316 e. The molecule has 4 nitrogen and oxygen atoms in total. The standard InChI is InChI=1S/C15H18N4/c1-3-4-15-18-7-8-19(15)14-6-5-12(11-17-2)9-13(14)10-16/h5-9,17H,3-4,11H2,1-2H3. The van der Waals surface area contributed by atoms with Gasteiger partial charge < -0.3 is 9.88 Å². The molecule has 1 aromatic heterocycles. The molecule has 4 heteroatoms. The SMILES string of the molecule is CCCc1nccn1-c1ccc(CNC)cc1C#N.